The van der Waals surface area contributed by atoms with Gasteiger partial charge in [-0.3, -0.25) is 0 Å². The fourth-order valence-electron chi connectivity index (χ4n) is 2.83. The molecule has 0 bridgehead atoms. The lowest BCUT2D eigenvalue weighted by molar-refractivity contribution is 0.0601. The summed E-state index contributed by atoms with van der Waals surface area (Å²) in [6.07, 6.45) is 2.98. The summed E-state index contributed by atoms with van der Waals surface area (Å²) in [4.78, 5) is 11.8. The van der Waals surface area contributed by atoms with Crippen molar-refractivity contribution in [2.45, 2.75) is 25.8 Å². The van der Waals surface area contributed by atoms with Gasteiger partial charge in [-0.05, 0) is 60.7 Å². The molecule has 3 rings (SSSR count). The minimum Gasteiger partial charge on any atom is -0.491 e. The highest BCUT2D eigenvalue weighted by Crippen LogP contribution is 2.29. The molecule has 126 valence electrons. The highest BCUT2D eigenvalue weighted by molar-refractivity contribution is 6.30. The lowest BCUT2D eigenvalue weighted by Crippen LogP contribution is -2.07. The summed E-state index contributed by atoms with van der Waals surface area (Å²) in [6.45, 7) is 1.29. The van der Waals surface area contributed by atoms with E-state index in [0.29, 0.717) is 18.7 Å². The van der Waals surface area contributed by atoms with Crippen molar-refractivity contribution in [2.75, 3.05) is 19.0 Å². The van der Waals surface area contributed by atoms with E-state index >= 15 is 0 Å². The standard InChI is InChI=1S/C19H20ClNO3/c1-23-19(22)14-6-8-18-17(11-14)21-12-15-5-7-16(20)10-13(15)4-2-3-9-24-18/h5-8,10-11,21H,2-4,9,12H2,1H3. The minimum absolute atomic E-state index is 0.360. The molecule has 0 atom stereocenters. The van der Waals surface area contributed by atoms with Gasteiger partial charge < -0.3 is 14.8 Å². The molecule has 0 saturated carbocycles. The first kappa shape index (κ1) is 16.7. The Labute approximate surface area is 146 Å². The van der Waals surface area contributed by atoms with Gasteiger partial charge in [-0.25, -0.2) is 4.79 Å². The van der Waals surface area contributed by atoms with E-state index in [1.54, 1.807) is 12.1 Å². The van der Waals surface area contributed by atoms with Crippen molar-refractivity contribution in [2.24, 2.45) is 0 Å². The number of rotatable bonds is 1. The maximum absolute atomic E-state index is 11.8. The number of ether oxygens (including phenoxy) is 2. The Bertz CT molecular complexity index is 745. The molecule has 24 heavy (non-hydrogen) atoms. The monoisotopic (exact) mass is 345 g/mol. The minimum atomic E-state index is -0.360. The van der Waals surface area contributed by atoms with Gasteiger partial charge in [0.05, 0.1) is 25.0 Å². The molecule has 0 aliphatic carbocycles. The van der Waals surface area contributed by atoms with Crippen LogP contribution in [0.4, 0.5) is 5.69 Å². The van der Waals surface area contributed by atoms with Gasteiger partial charge in [-0.1, -0.05) is 17.7 Å². The number of hydrogen-bond acceptors (Lipinski definition) is 4. The van der Waals surface area contributed by atoms with Crippen LogP contribution in [0.1, 0.15) is 34.3 Å². The predicted octanol–water partition coefficient (Wildman–Crippen LogP) is 4.45. The molecule has 0 saturated heterocycles. The van der Waals surface area contributed by atoms with Gasteiger partial charge in [0.25, 0.3) is 0 Å². The third-order valence-corrected chi connectivity index (χ3v) is 4.37. The van der Waals surface area contributed by atoms with Crippen molar-refractivity contribution in [1.29, 1.82) is 0 Å². The first-order valence-corrected chi connectivity index (χ1v) is 8.41. The van der Waals surface area contributed by atoms with E-state index in [9.17, 15) is 4.79 Å². The summed E-state index contributed by atoms with van der Waals surface area (Å²) in [6, 6.07) is 11.3. The lowest BCUT2D eigenvalue weighted by Gasteiger charge is -2.14. The molecule has 0 amide bonds. The van der Waals surface area contributed by atoms with Crippen molar-refractivity contribution in [3.05, 3.63) is 58.1 Å². The molecule has 1 aliphatic heterocycles. The van der Waals surface area contributed by atoms with Crippen LogP contribution in [-0.4, -0.2) is 19.7 Å². The fraction of sp³-hybridized carbons (Fsp3) is 0.316. The second-order valence-corrected chi connectivity index (χ2v) is 6.21. The summed E-state index contributed by atoms with van der Waals surface area (Å²) >= 11 is 6.13. The number of esters is 1. The van der Waals surface area contributed by atoms with Gasteiger partial charge >= 0.3 is 5.97 Å². The Morgan fingerprint density at radius 3 is 2.88 bits per heavy atom. The van der Waals surface area contributed by atoms with Gasteiger partial charge in [0.15, 0.2) is 0 Å². The summed E-state index contributed by atoms with van der Waals surface area (Å²) in [5.41, 5.74) is 3.75. The zero-order valence-electron chi connectivity index (χ0n) is 13.6. The molecule has 1 aliphatic rings. The van der Waals surface area contributed by atoms with Gasteiger partial charge in [-0.15, -0.1) is 0 Å². The van der Waals surface area contributed by atoms with Gasteiger partial charge in [-0.2, -0.15) is 0 Å². The number of anilines is 1. The van der Waals surface area contributed by atoms with Crippen LogP contribution < -0.4 is 10.1 Å². The predicted molar refractivity (Wildman–Crippen MR) is 95.0 cm³/mol. The van der Waals surface area contributed by atoms with Crippen molar-refractivity contribution in [1.82, 2.24) is 0 Å². The molecule has 0 radical (unpaired) electrons. The number of aryl methyl sites for hydroxylation is 1. The number of hydrogen-bond donors (Lipinski definition) is 1. The number of benzene rings is 2. The molecule has 2 aromatic rings. The number of fused-ring (bicyclic) bond motifs is 2. The highest BCUT2D eigenvalue weighted by Gasteiger charge is 2.13. The van der Waals surface area contributed by atoms with Crippen LogP contribution in [0.5, 0.6) is 5.75 Å². The molecule has 5 heteroatoms. The van der Waals surface area contributed by atoms with Crippen molar-refractivity contribution in [3.63, 3.8) is 0 Å². The molecule has 0 spiro atoms. The molecule has 0 aromatic heterocycles. The van der Waals surface area contributed by atoms with Crippen LogP contribution in [0.15, 0.2) is 36.4 Å². The number of carbonyl (C=O) groups excluding carboxylic acids is 1. The summed E-state index contributed by atoms with van der Waals surface area (Å²) < 4.78 is 10.7. The number of nitrogens with one attached hydrogen (secondary N) is 1. The Hall–Kier alpha value is -2.20. The summed E-state index contributed by atoms with van der Waals surface area (Å²) in [5, 5.41) is 4.14. The van der Waals surface area contributed by atoms with E-state index < -0.39 is 0 Å². The molecular formula is C19H20ClNO3. The van der Waals surface area contributed by atoms with Gasteiger partial charge in [0.2, 0.25) is 0 Å². The Kier molecular flexibility index (Phi) is 5.26. The molecule has 4 nitrogen and oxygen atoms in total. The molecule has 0 unspecified atom stereocenters. The number of halogens is 1. The van der Waals surface area contributed by atoms with Crippen molar-refractivity contribution >= 4 is 23.3 Å². The second kappa shape index (κ2) is 7.58. The van der Waals surface area contributed by atoms with Crippen LogP contribution in [0.3, 0.4) is 0 Å². The summed E-state index contributed by atoms with van der Waals surface area (Å²) in [7, 11) is 1.38. The SMILES string of the molecule is COC(=O)c1ccc2c(c1)NCc1ccc(Cl)cc1CCCCO2. The Morgan fingerprint density at radius 2 is 2.04 bits per heavy atom. The largest absolute Gasteiger partial charge is 0.491 e. The fourth-order valence-corrected chi connectivity index (χ4v) is 3.02. The van der Waals surface area contributed by atoms with E-state index in [1.165, 1.54) is 18.2 Å². The van der Waals surface area contributed by atoms with Gasteiger partial charge in [0.1, 0.15) is 5.75 Å². The quantitative estimate of drug-likeness (QED) is 0.775. The van der Waals surface area contributed by atoms with E-state index in [0.717, 1.165) is 35.7 Å². The van der Waals surface area contributed by atoms with Crippen molar-refractivity contribution < 1.29 is 14.3 Å². The smallest absolute Gasteiger partial charge is 0.337 e. The Morgan fingerprint density at radius 1 is 1.17 bits per heavy atom. The maximum Gasteiger partial charge on any atom is 0.337 e. The van der Waals surface area contributed by atoms with Crippen LogP contribution >= 0.6 is 11.6 Å². The molecular weight excluding hydrogens is 326 g/mol. The van der Waals surface area contributed by atoms with Crippen LogP contribution in [0, 0.1) is 0 Å². The maximum atomic E-state index is 11.8. The first-order chi connectivity index (χ1) is 11.7. The second-order valence-electron chi connectivity index (χ2n) is 5.77. The third kappa shape index (κ3) is 3.82. The zero-order valence-corrected chi connectivity index (χ0v) is 14.4. The topological polar surface area (TPSA) is 47.6 Å². The van der Waals surface area contributed by atoms with Crippen LogP contribution in [-0.2, 0) is 17.7 Å². The highest BCUT2D eigenvalue weighted by atomic mass is 35.5. The van der Waals surface area contributed by atoms with E-state index in [2.05, 4.69) is 5.32 Å². The van der Waals surface area contributed by atoms with Crippen LogP contribution in [0.25, 0.3) is 0 Å². The third-order valence-electron chi connectivity index (χ3n) is 4.14. The Balaban J connectivity index is 1.92. The zero-order chi connectivity index (χ0) is 16.9. The van der Waals surface area contributed by atoms with E-state index in [-0.39, 0.29) is 5.97 Å². The molecule has 1 heterocycles. The molecule has 1 N–H and O–H groups in total. The first-order valence-electron chi connectivity index (χ1n) is 8.04. The molecule has 0 fully saturated rings. The van der Waals surface area contributed by atoms with Gasteiger partial charge in [0, 0.05) is 11.6 Å². The summed E-state index contributed by atoms with van der Waals surface area (Å²) in [5.74, 6) is 0.390. The number of carbonyl (C=O) groups is 1. The average molecular weight is 346 g/mol. The normalized spacial score (nSPS) is 14.2. The van der Waals surface area contributed by atoms with Crippen LogP contribution in [0.2, 0.25) is 5.02 Å². The van der Waals surface area contributed by atoms with E-state index in [1.807, 2.05) is 24.3 Å². The average Bonchev–Trinajstić information content (AvgIpc) is 2.63. The lowest BCUT2D eigenvalue weighted by atomic mass is 10.0. The molecule has 2 aromatic carbocycles. The van der Waals surface area contributed by atoms with Crippen molar-refractivity contribution in [3.8, 4) is 5.75 Å². The van der Waals surface area contributed by atoms with E-state index in [4.69, 9.17) is 21.1 Å². The number of methoxy groups -OCH3 is 1.